The van der Waals surface area contributed by atoms with E-state index in [-0.39, 0.29) is 11.5 Å². The average Bonchev–Trinajstić information content (AvgIpc) is 2.19. The van der Waals surface area contributed by atoms with Crippen molar-refractivity contribution in [2.45, 2.75) is 24.4 Å². The van der Waals surface area contributed by atoms with Crippen LogP contribution in [0.3, 0.4) is 0 Å². The summed E-state index contributed by atoms with van der Waals surface area (Å²) < 4.78 is 0. The third-order valence-corrected chi connectivity index (χ3v) is 7.03. The maximum Gasteiger partial charge on any atom is 0.229 e. The van der Waals surface area contributed by atoms with Gasteiger partial charge in [0.25, 0.3) is 0 Å². The molecule has 0 aromatic carbocycles. The van der Waals surface area contributed by atoms with Gasteiger partial charge in [0.05, 0.1) is 11.5 Å². The minimum atomic E-state index is -2.46. The highest BCUT2D eigenvalue weighted by Crippen LogP contribution is 2.35. The van der Waals surface area contributed by atoms with Crippen LogP contribution >= 0.6 is 43.2 Å². The van der Waals surface area contributed by atoms with Crippen molar-refractivity contribution in [3.8, 4) is 0 Å². The van der Waals surface area contributed by atoms with E-state index in [0.717, 1.165) is 24.3 Å². The molecule has 0 radical (unpaired) electrons. The van der Waals surface area contributed by atoms with Crippen LogP contribution in [-0.4, -0.2) is 55.0 Å². The molecule has 0 amide bonds. The van der Waals surface area contributed by atoms with E-state index in [1.54, 1.807) is 0 Å². The van der Waals surface area contributed by atoms with Crippen molar-refractivity contribution in [1.82, 2.24) is 0 Å². The smallest absolute Gasteiger partial charge is 0.229 e. The second-order valence-corrected chi connectivity index (χ2v) is 8.67. The van der Waals surface area contributed by atoms with Gasteiger partial charge < -0.3 is 20.4 Å². The molecule has 4 N–H and O–H groups in total. The number of hydrogen-bond acceptors (Lipinski definition) is 8. The quantitative estimate of drug-likeness (QED) is 0.388. The van der Waals surface area contributed by atoms with E-state index >= 15 is 0 Å². The van der Waals surface area contributed by atoms with Crippen LogP contribution in [-0.2, 0) is 0 Å². The summed E-state index contributed by atoms with van der Waals surface area (Å²) in [5.74, 6) is -3.27. The number of rotatable bonds is 0. The molecule has 4 nitrogen and oxygen atoms in total. The molecule has 0 aromatic rings. The van der Waals surface area contributed by atoms with Crippen molar-refractivity contribution in [3.05, 3.63) is 0 Å². The van der Waals surface area contributed by atoms with E-state index in [9.17, 15) is 20.4 Å². The second kappa shape index (κ2) is 6.98. The zero-order valence-corrected chi connectivity index (χ0v) is 11.9. The van der Waals surface area contributed by atoms with Gasteiger partial charge in [-0.3, -0.25) is 0 Å². The van der Waals surface area contributed by atoms with Crippen LogP contribution < -0.4 is 0 Å². The molecule has 96 valence electrons. The molecule has 1 rings (SSSR count). The summed E-state index contributed by atoms with van der Waals surface area (Å²) in [6.45, 7) is 0. The van der Waals surface area contributed by atoms with E-state index in [1.165, 1.54) is 43.2 Å². The van der Waals surface area contributed by atoms with Crippen LogP contribution in [0.5, 0.6) is 0 Å². The van der Waals surface area contributed by atoms with E-state index in [0.29, 0.717) is 0 Å². The van der Waals surface area contributed by atoms with Gasteiger partial charge in [0.1, 0.15) is 0 Å². The van der Waals surface area contributed by atoms with Crippen molar-refractivity contribution < 1.29 is 20.4 Å². The zero-order chi connectivity index (χ0) is 12.1. The summed E-state index contributed by atoms with van der Waals surface area (Å²) in [5, 5.41) is 38.3. The first-order chi connectivity index (χ1) is 7.46. The lowest BCUT2D eigenvalue weighted by Crippen LogP contribution is -2.57. The molecule has 1 fully saturated rings. The molecule has 0 aromatic heterocycles. The first-order valence-corrected chi connectivity index (χ1v) is 9.82. The van der Waals surface area contributed by atoms with Gasteiger partial charge in [-0.1, -0.05) is 43.2 Å². The van der Waals surface area contributed by atoms with Crippen molar-refractivity contribution in [3.63, 3.8) is 0 Å². The van der Waals surface area contributed by atoms with Crippen LogP contribution in [0.4, 0.5) is 0 Å². The topological polar surface area (TPSA) is 80.9 Å². The molecule has 1 saturated heterocycles. The minimum Gasteiger partial charge on any atom is -0.361 e. The van der Waals surface area contributed by atoms with Gasteiger partial charge >= 0.3 is 0 Å². The van der Waals surface area contributed by atoms with Crippen LogP contribution in [0.1, 0.15) is 12.8 Å². The van der Waals surface area contributed by atoms with E-state index < -0.39 is 11.6 Å². The maximum absolute atomic E-state index is 9.59. The van der Waals surface area contributed by atoms with Gasteiger partial charge in [-0.05, 0) is 12.8 Å². The third-order valence-electron chi connectivity index (χ3n) is 2.03. The predicted molar refractivity (Wildman–Crippen MR) is 73.4 cm³/mol. The summed E-state index contributed by atoms with van der Waals surface area (Å²) in [6, 6.07) is 0. The molecule has 16 heavy (non-hydrogen) atoms. The average molecular weight is 304 g/mol. The van der Waals surface area contributed by atoms with Crippen LogP contribution in [0.2, 0.25) is 0 Å². The highest BCUT2D eigenvalue weighted by Gasteiger charge is 2.47. The fraction of sp³-hybridized carbons (Fsp3) is 1.00. The Balaban J connectivity index is 2.54. The van der Waals surface area contributed by atoms with Crippen molar-refractivity contribution >= 4 is 43.2 Å². The molecule has 1 heterocycles. The molecule has 1 aliphatic rings. The Bertz CT molecular complexity index is 190. The Labute approximate surface area is 111 Å². The normalized spacial score (nSPS) is 27.8. The van der Waals surface area contributed by atoms with Gasteiger partial charge in [0, 0.05) is 11.5 Å². The van der Waals surface area contributed by atoms with Crippen molar-refractivity contribution in [1.29, 1.82) is 0 Å². The molecule has 0 atom stereocenters. The van der Waals surface area contributed by atoms with Gasteiger partial charge in [-0.15, -0.1) is 0 Å². The standard InChI is InChI=1S/C8H16O4S4/c9-7(10)5-15-13-3-1-2-4-14-16-6-8(7,11)12/h9-12H,1-6H2. The lowest BCUT2D eigenvalue weighted by atomic mass is 10.1. The summed E-state index contributed by atoms with van der Waals surface area (Å²) in [6.07, 6.45) is 2.19. The van der Waals surface area contributed by atoms with Gasteiger partial charge in [-0.2, -0.15) is 0 Å². The molecular weight excluding hydrogens is 288 g/mol. The van der Waals surface area contributed by atoms with Crippen LogP contribution in [0, 0.1) is 0 Å². The fourth-order valence-corrected chi connectivity index (χ4v) is 5.66. The van der Waals surface area contributed by atoms with Gasteiger partial charge in [0.15, 0.2) is 0 Å². The summed E-state index contributed by atoms with van der Waals surface area (Å²) >= 11 is 0. The van der Waals surface area contributed by atoms with E-state index in [2.05, 4.69) is 0 Å². The predicted octanol–water partition coefficient (Wildman–Crippen LogP) is 0.905. The molecule has 1 aliphatic heterocycles. The molecule has 0 aliphatic carbocycles. The SMILES string of the molecule is OC1(O)CSSCCCCSSCC1(O)O. The zero-order valence-electron chi connectivity index (χ0n) is 8.66. The molecule has 0 saturated carbocycles. The van der Waals surface area contributed by atoms with E-state index in [1.807, 2.05) is 0 Å². The largest absolute Gasteiger partial charge is 0.361 e. The summed E-state index contributed by atoms with van der Waals surface area (Å²) in [7, 11) is 5.57. The molecule has 8 heteroatoms. The Morgan fingerprint density at radius 2 is 1.00 bits per heavy atom. The maximum atomic E-state index is 9.59. The van der Waals surface area contributed by atoms with Crippen molar-refractivity contribution in [2.24, 2.45) is 0 Å². The van der Waals surface area contributed by atoms with Crippen LogP contribution in [0.25, 0.3) is 0 Å². The summed E-state index contributed by atoms with van der Waals surface area (Å²) in [4.78, 5) is 0. The fourth-order valence-electron chi connectivity index (χ4n) is 0.919. The van der Waals surface area contributed by atoms with Gasteiger partial charge in [-0.25, -0.2) is 0 Å². The van der Waals surface area contributed by atoms with Crippen molar-refractivity contribution in [2.75, 3.05) is 23.0 Å². The minimum absolute atomic E-state index is 0.115. The highest BCUT2D eigenvalue weighted by atomic mass is 33.1. The Morgan fingerprint density at radius 1 is 0.625 bits per heavy atom. The monoisotopic (exact) mass is 304 g/mol. The lowest BCUT2D eigenvalue weighted by molar-refractivity contribution is -0.333. The third kappa shape index (κ3) is 4.85. The summed E-state index contributed by atoms with van der Waals surface area (Å²) in [5.41, 5.74) is 0. The highest BCUT2D eigenvalue weighted by molar-refractivity contribution is 8.77. The Morgan fingerprint density at radius 3 is 1.38 bits per heavy atom. The molecule has 0 spiro atoms. The second-order valence-electron chi connectivity index (χ2n) is 3.51. The van der Waals surface area contributed by atoms with Gasteiger partial charge in [0.2, 0.25) is 11.6 Å². The number of hydrogen-bond donors (Lipinski definition) is 4. The molecular formula is C8H16O4S4. The van der Waals surface area contributed by atoms with Crippen LogP contribution in [0.15, 0.2) is 0 Å². The first-order valence-electron chi connectivity index (χ1n) is 4.84. The number of aliphatic hydroxyl groups is 4. The first kappa shape index (κ1) is 15.3. The molecule has 0 unspecified atom stereocenters. The Kier molecular flexibility index (Phi) is 6.68. The Hall–Kier alpha value is 1.24. The van der Waals surface area contributed by atoms with E-state index in [4.69, 9.17) is 0 Å². The lowest BCUT2D eigenvalue weighted by Gasteiger charge is -2.34. The molecule has 0 bridgehead atoms.